The van der Waals surface area contributed by atoms with Crippen molar-refractivity contribution in [2.45, 2.75) is 20.8 Å². The Morgan fingerprint density at radius 1 is 1.18 bits per heavy atom. The topological polar surface area (TPSA) is 17.1 Å². The summed E-state index contributed by atoms with van der Waals surface area (Å²) in [4.78, 5) is 14.7. The number of thiophene rings is 1. The van der Waals surface area contributed by atoms with E-state index in [4.69, 9.17) is 0 Å². The van der Waals surface area contributed by atoms with Gasteiger partial charge in [0.1, 0.15) is 0 Å². The first kappa shape index (κ1) is 12.5. The van der Waals surface area contributed by atoms with Crippen molar-refractivity contribution in [1.82, 2.24) is 0 Å². The average Bonchev–Trinajstić information content (AvgIpc) is 2.61. The molecule has 2 aromatic rings. The van der Waals surface area contributed by atoms with Crippen LogP contribution in [0.2, 0.25) is 0 Å². The first-order chi connectivity index (χ1) is 8.00. The lowest BCUT2D eigenvalue weighted by Crippen LogP contribution is -2.04. The Morgan fingerprint density at radius 3 is 2.47 bits per heavy atom. The molecule has 0 atom stereocenters. The average molecular weight is 309 g/mol. The van der Waals surface area contributed by atoms with Gasteiger partial charge >= 0.3 is 0 Å². The van der Waals surface area contributed by atoms with E-state index in [1.54, 1.807) is 11.3 Å². The Morgan fingerprint density at radius 2 is 1.88 bits per heavy atom. The molecule has 0 saturated carbocycles. The van der Waals surface area contributed by atoms with Crippen LogP contribution in [0.15, 0.2) is 28.7 Å². The molecule has 0 spiro atoms. The van der Waals surface area contributed by atoms with E-state index in [9.17, 15) is 4.79 Å². The molecule has 0 amide bonds. The molecule has 1 heterocycles. The molecular formula is C14H13BrOS. The quantitative estimate of drug-likeness (QED) is 0.737. The van der Waals surface area contributed by atoms with Crippen LogP contribution in [0.25, 0.3) is 0 Å². The number of hydrogen-bond acceptors (Lipinski definition) is 2. The first-order valence-corrected chi connectivity index (χ1v) is 6.98. The highest BCUT2D eigenvalue weighted by Gasteiger charge is 2.16. The van der Waals surface area contributed by atoms with Crippen molar-refractivity contribution in [1.29, 1.82) is 0 Å². The van der Waals surface area contributed by atoms with Crippen molar-refractivity contribution in [2.24, 2.45) is 0 Å². The van der Waals surface area contributed by atoms with Gasteiger partial charge in [0.05, 0.1) is 0 Å². The van der Waals surface area contributed by atoms with Crippen LogP contribution in [0.4, 0.5) is 0 Å². The molecule has 0 N–H and O–H groups in total. The molecule has 0 unspecified atom stereocenters. The zero-order valence-electron chi connectivity index (χ0n) is 10.0. The minimum Gasteiger partial charge on any atom is -0.289 e. The van der Waals surface area contributed by atoms with E-state index in [2.05, 4.69) is 15.9 Å². The summed E-state index contributed by atoms with van der Waals surface area (Å²) in [6.45, 7) is 5.99. The molecule has 1 nitrogen and oxygen atoms in total. The number of benzene rings is 1. The zero-order chi connectivity index (χ0) is 12.6. The summed E-state index contributed by atoms with van der Waals surface area (Å²) in [6, 6.07) is 7.72. The lowest BCUT2D eigenvalue weighted by molar-refractivity contribution is 0.103. The van der Waals surface area contributed by atoms with Crippen molar-refractivity contribution in [3.8, 4) is 0 Å². The second kappa shape index (κ2) is 4.75. The van der Waals surface area contributed by atoms with Crippen LogP contribution >= 0.6 is 27.3 Å². The minimum atomic E-state index is 0.116. The summed E-state index contributed by atoms with van der Waals surface area (Å²) >= 11 is 5.13. The molecule has 2 rings (SSSR count). The third kappa shape index (κ3) is 2.35. The molecule has 0 bridgehead atoms. The predicted octanol–water partition coefficient (Wildman–Crippen LogP) is 4.67. The number of halogens is 1. The number of ketones is 1. The summed E-state index contributed by atoms with van der Waals surface area (Å²) in [5.74, 6) is 0.116. The predicted molar refractivity (Wildman–Crippen MR) is 76.1 cm³/mol. The maximum Gasteiger partial charge on any atom is 0.194 e. The maximum atomic E-state index is 12.4. The number of carbonyl (C=O) groups excluding carboxylic acids is 1. The lowest BCUT2D eigenvalue weighted by Gasteiger charge is -2.06. The van der Waals surface area contributed by atoms with Gasteiger partial charge in [-0.05, 0) is 38.5 Å². The smallest absolute Gasteiger partial charge is 0.194 e. The zero-order valence-corrected chi connectivity index (χ0v) is 12.4. The van der Waals surface area contributed by atoms with E-state index in [0.717, 1.165) is 26.0 Å². The van der Waals surface area contributed by atoms with Crippen LogP contribution in [0.3, 0.4) is 0 Å². The molecule has 0 radical (unpaired) electrons. The van der Waals surface area contributed by atoms with Crippen molar-refractivity contribution in [3.63, 3.8) is 0 Å². The van der Waals surface area contributed by atoms with Crippen molar-refractivity contribution >= 4 is 33.0 Å². The van der Waals surface area contributed by atoms with Crippen molar-refractivity contribution in [2.75, 3.05) is 0 Å². The summed E-state index contributed by atoms with van der Waals surface area (Å²) < 4.78 is 0.980. The van der Waals surface area contributed by atoms with Gasteiger partial charge in [0.15, 0.2) is 5.78 Å². The summed E-state index contributed by atoms with van der Waals surface area (Å²) in [5, 5.41) is 0. The number of carbonyl (C=O) groups is 1. The molecule has 0 aliphatic rings. The van der Waals surface area contributed by atoms with E-state index >= 15 is 0 Å². The fraction of sp³-hybridized carbons (Fsp3) is 0.214. The van der Waals surface area contributed by atoms with Crippen LogP contribution in [-0.2, 0) is 0 Å². The van der Waals surface area contributed by atoms with E-state index in [1.165, 1.54) is 4.88 Å². The highest BCUT2D eigenvalue weighted by molar-refractivity contribution is 9.10. The fourth-order valence-corrected chi connectivity index (χ4v) is 3.14. The summed E-state index contributed by atoms with van der Waals surface area (Å²) in [6.07, 6.45) is 0. The molecule has 0 saturated heterocycles. The van der Waals surface area contributed by atoms with Gasteiger partial charge in [0.2, 0.25) is 0 Å². The van der Waals surface area contributed by atoms with Crippen molar-refractivity contribution < 1.29 is 4.79 Å². The fourth-order valence-electron chi connectivity index (χ4n) is 1.85. The van der Waals surface area contributed by atoms with Crippen LogP contribution in [0.1, 0.15) is 31.2 Å². The largest absolute Gasteiger partial charge is 0.289 e. The number of rotatable bonds is 2. The molecule has 0 fully saturated rings. The van der Waals surface area contributed by atoms with Gasteiger partial charge in [0, 0.05) is 25.4 Å². The summed E-state index contributed by atoms with van der Waals surface area (Å²) in [5.41, 5.74) is 2.61. The van der Waals surface area contributed by atoms with Crippen molar-refractivity contribution in [3.05, 3.63) is 55.2 Å². The Labute approximate surface area is 114 Å². The second-order valence-electron chi connectivity index (χ2n) is 4.07. The third-order valence-electron chi connectivity index (χ3n) is 2.80. The Hall–Kier alpha value is -0.930. The van der Waals surface area contributed by atoms with Gasteiger partial charge in [0.25, 0.3) is 0 Å². The maximum absolute atomic E-state index is 12.4. The molecular weight excluding hydrogens is 296 g/mol. The normalized spacial score (nSPS) is 10.6. The molecule has 88 valence electrons. The lowest BCUT2D eigenvalue weighted by atomic mass is 9.99. The van der Waals surface area contributed by atoms with Gasteiger partial charge in [-0.1, -0.05) is 28.1 Å². The second-order valence-corrected chi connectivity index (χ2v) is 6.38. The number of hydrogen-bond donors (Lipinski definition) is 0. The highest BCUT2D eigenvalue weighted by Crippen LogP contribution is 2.26. The van der Waals surface area contributed by atoms with Crippen LogP contribution in [0.5, 0.6) is 0 Å². The van der Waals surface area contributed by atoms with Gasteiger partial charge in [-0.3, -0.25) is 4.79 Å². The van der Waals surface area contributed by atoms with Gasteiger partial charge in [-0.25, -0.2) is 0 Å². The Balaban J connectivity index is 2.51. The monoisotopic (exact) mass is 308 g/mol. The summed E-state index contributed by atoms with van der Waals surface area (Å²) in [7, 11) is 0. The third-order valence-corrected chi connectivity index (χ3v) is 4.62. The van der Waals surface area contributed by atoms with Gasteiger partial charge in [-0.15, -0.1) is 11.3 Å². The van der Waals surface area contributed by atoms with E-state index < -0.39 is 0 Å². The molecule has 0 aliphatic carbocycles. The van der Waals surface area contributed by atoms with Crippen LogP contribution in [0, 0.1) is 20.8 Å². The van der Waals surface area contributed by atoms with Crippen LogP contribution < -0.4 is 0 Å². The first-order valence-electron chi connectivity index (χ1n) is 5.37. The van der Waals surface area contributed by atoms with Gasteiger partial charge in [-0.2, -0.15) is 0 Å². The van der Waals surface area contributed by atoms with Gasteiger partial charge < -0.3 is 0 Å². The molecule has 1 aromatic carbocycles. The SMILES string of the molecule is Cc1cc(C(=O)c2cccc(Br)c2C)c(C)s1. The molecule has 17 heavy (non-hydrogen) atoms. The van der Waals surface area contributed by atoms with E-state index in [0.29, 0.717) is 0 Å². The standard InChI is InChI=1S/C14H13BrOS/c1-8-7-12(10(3)17-8)14(16)11-5-4-6-13(15)9(11)2/h4-7H,1-3H3. The van der Waals surface area contributed by atoms with E-state index in [1.807, 2.05) is 45.0 Å². The number of aryl methyl sites for hydroxylation is 2. The minimum absolute atomic E-state index is 0.116. The Bertz CT molecular complexity index is 584. The molecule has 0 aliphatic heterocycles. The molecule has 3 heteroatoms. The van der Waals surface area contributed by atoms with E-state index in [-0.39, 0.29) is 5.78 Å². The van der Waals surface area contributed by atoms with Crippen LogP contribution in [-0.4, -0.2) is 5.78 Å². The molecule has 1 aromatic heterocycles. The Kier molecular flexibility index (Phi) is 3.50. The highest BCUT2D eigenvalue weighted by atomic mass is 79.9.